The van der Waals surface area contributed by atoms with E-state index in [1.807, 2.05) is 0 Å². The van der Waals surface area contributed by atoms with E-state index in [0.29, 0.717) is 5.41 Å². The lowest BCUT2D eigenvalue weighted by Gasteiger charge is -2.55. The van der Waals surface area contributed by atoms with Crippen LogP contribution in [0.1, 0.15) is 111 Å². The minimum absolute atomic E-state index is 0.671. The molecule has 3 unspecified atom stereocenters. The van der Waals surface area contributed by atoms with Crippen LogP contribution in [0.4, 0.5) is 0 Å². The predicted octanol–water partition coefficient (Wildman–Crippen LogP) is 8.17. The van der Waals surface area contributed by atoms with Gasteiger partial charge in [-0.1, -0.05) is 71.3 Å². The lowest BCUT2D eigenvalue weighted by molar-refractivity contribution is -0.0503. The van der Waals surface area contributed by atoms with E-state index in [1.54, 1.807) is 0 Å². The van der Waals surface area contributed by atoms with E-state index in [2.05, 4.69) is 34.3 Å². The van der Waals surface area contributed by atoms with E-state index >= 15 is 0 Å². The van der Waals surface area contributed by atoms with Crippen LogP contribution in [-0.4, -0.2) is 0 Å². The SMILES string of the molecule is C=C(C)CCCCC1CC(C)(C(CCC)C2CCCCC2CC)C1. The normalized spacial score (nSPS) is 34.6. The Morgan fingerprint density at radius 2 is 1.83 bits per heavy atom. The van der Waals surface area contributed by atoms with Crippen LogP contribution in [0.2, 0.25) is 0 Å². The Morgan fingerprint density at radius 1 is 1.12 bits per heavy atom. The molecule has 2 aliphatic rings. The van der Waals surface area contributed by atoms with Crippen molar-refractivity contribution >= 4 is 0 Å². The predicted molar refractivity (Wildman–Crippen MR) is 108 cm³/mol. The minimum Gasteiger partial charge on any atom is -0.100 e. The second kappa shape index (κ2) is 9.44. The Kier molecular flexibility index (Phi) is 7.89. The molecule has 0 aromatic rings. The van der Waals surface area contributed by atoms with Crippen LogP contribution in [0.25, 0.3) is 0 Å². The Morgan fingerprint density at radius 3 is 2.46 bits per heavy atom. The fourth-order valence-electron chi connectivity index (χ4n) is 6.29. The number of hydrogen-bond acceptors (Lipinski definition) is 0. The lowest BCUT2D eigenvalue weighted by Crippen LogP contribution is -2.46. The molecule has 0 heterocycles. The van der Waals surface area contributed by atoms with E-state index in [0.717, 1.165) is 23.7 Å². The number of unbranched alkanes of at least 4 members (excludes halogenated alkanes) is 1. The highest BCUT2D eigenvalue weighted by Gasteiger charge is 2.48. The van der Waals surface area contributed by atoms with Gasteiger partial charge in [0.25, 0.3) is 0 Å². The lowest BCUT2D eigenvalue weighted by atomic mass is 9.50. The van der Waals surface area contributed by atoms with Crippen molar-refractivity contribution in [3.8, 4) is 0 Å². The fraction of sp³-hybridized carbons (Fsp3) is 0.917. The average molecular weight is 333 g/mol. The van der Waals surface area contributed by atoms with Crippen LogP contribution >= 0.6 is 0 Å². The van der Waals surface area contributed by atoms with Gasteiger partial charge in [-0.2, -0.15) is 0 Å². The van der Waals surface area contributed by atoms with E-state index in [9.17, 15) is 0 Å². The Hall–Kier alpha value is -0.260. The molecule has 0 N–H and O–H groups in total. The van der Waals surface area contributed by atoms with Crippen molar-refractivity contribution in [1.29, 1.82) is 0 Å². The zero-order chi connectivity index (χ0) is 17.6. The molecule has 0 nitrogen and oxygen atoms in total. The van der Waals surface area contributed by atoms with Gasteiger partial charge in [0.05, 0.1) is 0 Å². The number of allylic oxidation sites excluding steroid dienone is 1. The smallest absolute Gasteiger partial charge is 0.0290 e. The van der Waals surface area contributed by atoms with E-state index < -0.39 is 0 Å². The van der Waals surface area contributed by atoms with Crippen molar-refractivity contribution in [3.05, 3.63) is 12.2 Å². The Bertz CT molecular complexity index is 373. The van der Waals surface area contributed by atoms with Gasteiger partial charge in [-0.15, -0.1) is 6.58 Å². The van der Waals surface area contributed by atoms with Crippen molar-refractivity contribution in [2.24, 2.45) is 29.1 Å². The van der Waals surface area contributed by atoms with Gasteiger partial charge in [0.2, 0.25) is 0 Å². The fourth-order valence-corrected chi connectivity index (χ4v) is 6.29. The van der Waals surface area contributed by atoms with Gasteiger partial charge in [-0.25, -0.2) is 0 Å². The Balaban J connectivity index is 1.86. The van der Waals surface area contributed by atoms with Crippen LogP contribution in [0, 0.1) is 29.1 Å². The second-order valence-corrected chi connectivity index (χ2v) is 9.64. The summed E-state index contributed by atoms with van der Waals surface area (Å²) in [4.78, 5) is 0. The molecule has 0 radical (unpaired) electrons. The highest BCUT2D eigenvalue weighted by Crippen LogP contribution is 2.58. The van der Waals surface area contributed by atoms with Crippen molar-refractivity contribution in [3.63, 3.8) is 0 Å². The summed E-state index contributed by atoms with van der Waals surface area (Å²) in [5.74, 6) is 4.11. The maximum atomic E-state index is 4.04. The van der Waals surface area contributed by atoms with Gasteiger partial charge in [0.1, 0.15) is 0 Å². The highest BCUT2D eigenvalue weighted by atomic mass is 14.5. The molecule has 0 saturated heterocycles. The van der Waals surface area contributed by atoms with Gasteiger partial charge in [0.15, 0.2) is 0 Å². The molecule has 0 aliphatic heterocycles. The molecular weight excluding hydrogens is 288 g/mol. The zero-order valence-electron chi connectivity index (χ0n) is 17.2. The molecule has 3 atom stereocenters. The maximum absolute atomic E-state index is 4.04. The first-order valence-corrected chi connectivity index (χ1v) is 11.1. The van der Waals surface area contributed by atoms with Gasteiger partial charge in [-0.05, 0) is 74.5 Å². The summed E-state index contributed by atoms with van der Waals surface area (Å²) in [5.41, 5.74) is 2.03. The summed E-state index contributed by atoms with van der Waals surface area (Å²) in [6, 6.07) is 0. The average Bonchev–Trinajstić information content (AvgIpc) is 2.54. The summed E-state index contributed by atoms with van der Waals surface area (Å²) >= 11 is 0. The summed E-state index contributed by atoms with van der Waals surface area (Å²) < 4.78 is 0. The first-order chi connectivity index (χ1) is 11.5. The van der Waals surface area contributed by atoms with E-state index in [1.165, 1.54) is 89.0 Å². The summed E-state index contributed by atoms with van der Waals surface area (Å²) in [7, 11) is 0. The first-order valence-electron chi connectivity index (χ1n) is 11.1. The molecule has 24 heavy (non-hydrogen) atoms. The minimum atomic E-state index is 0.671. The van der Waals surface area contributed by atoms with Gasteiger partial charge in [-0.3, -0.25) is 0 Å². The largest absolute Gasteiger partial charge is 0.100 e. The molecule has 2 rings (SSSR count). The molecule has 0 aromatic heterocycles. The molecule has 140 valence electrons. The molecule has 2 aliphatic carbocycles. The zero-order valence-corrected chi connectivity index (χ0v) is 17.2. The quantitative estimate of drug-likeness (QED) is 0.279. The van der Waals surface area contributed by atoms with Crippen LogP contribution in [0.3, 0.4) is 0 Å². The molecule has 0 spiro atoms. The van der Waals surface area contributed by atoms with Crippen LogP contribution in [-0.2, 0) is 0 Å². The van der Waals surface area contributed by atoms with Crippen LogP contribution in [0.15, 0.2) is 12.2 Å². The molecule has 2 fully saturated rings. The van der Waals surface area contributed by atoms with Crippen molar-refractivity contribution in [2.45, 2.75) is 111 Å². The van der Waals surface area contributed by atoms with E-state index in [4.69, 9.17) is 0 Å². The third-order valence-electron chi connectivity index (χ3n) is 7.48. The molecule has 0 amide bonds. The molecular formula is C24H44. The summed E-state index contributed by atoms with van der Waals surface area (Å²) in [6.07, 6.45) is 18.9. The monoisotopic (exact) mass is 332 g/mol. The summed E-state index contributed by atoms with van der Waals surface area (Å²) in [6.45, 7) is 13.7. The topological polar surface area (TPSA) is 0 Å². The molecule has 0 bridgehead atoms. The standard InChI is InChI=1S/C24H44/c1-6-12-23(22-16-11-10-15-21(22)7-2)24(5)17-20(18-24)14-9-8-13-19(3)4/h20-23H,3,6-18H2,1-2,4-5H3. The van der Waals surface area contributed by atoms with Crippen LogP contribution in [0.5, 0.6) is 0 Å². The van der Waals surface area contributed by atoms with Crippen LogP contribution < -0.4 is 0 Å². The van der Waals surface area contributed by atoms with Gasteiger partial charge >= 0.3 is 0 Å². The van der Waals surface area contributed by atoms with Crippen molar-refractivity contribution in [2.75, 3.05) is 0 Å². The van der Waals surface area contributed by atoms with E-state index in [-0.39, 0.29) is 0 Å². The molecule has 2 saturated carbocycles. The Labute approximate surface area is 152 Å². The second-order valence-electron chi connectivity index (χ2n) is 9.64. The highest BCUT2D eigenvalue weighted by molar-refractivity contribution is 4.99. The van der Waals surface area contributed by atoms with Crippen molar-refractivity contribution in [1.82, 2.24) is 0 Å². The first kappa shape index (κ1) is 20.1. The number of rotatable bonds is 10. The molecule has 0 aromatic carbocycles. The third kappa shape index (κ3) is 5.12. The molecule has 0 heteroatoms. The third-order valence-corrected chi connectivity index (χ3v) is 7.48. The maximum Gasteiger partial charge on any atom is -0.0290 e. The van der Waals surface area contributed by atoms with Crippen molar-refractivity contribution < 1.29 is 0 Å². The van der Waals surface area contributed by atoms with Gasteiger partial charge < -0.3 is 0 Å². The van der Waals surface area contributed by atoms with Gasteiger partial charge in [0, 0.05) is 0 Å². The summed E-state index contributed by atoms with van der Waals surface area (Å²) in [5, 5.41) is 0. The number of hydrogen-bond donors (Lipinski definition) is 0.